The van der Waals surface area contributed by atoms with Gasteiger partial charge in [-0.05, 0) is 42.0 Å². The molecule has 0 saturated carbocycles. The van der Waals surface area contributed by atoms with Gasteiger partial charge >= 0.3 is 0 Å². The van der Waals surface area contributed by atoms with Crippen molar-refractivity contribution in [1.29, 1.82) is 0 Å². The average Bonchev–Trinajstić information content (AvgIpc) is 2.92. The Morgan fingerprint density at radius 1 is 1.14 bits per heavy atom. The summed E-state index contributed by atoms with van der Waals surface area (Å²) < 4.78 is 5.90. The maximum absolute atomic E-state index is 5.90. The highest BCUT2D eigenvalue weighted by molar-refractivity contribution is 8.01. The molecule has 3 heteroatoms. The molecule has 0 spiro atoms. The fourth-order valence-corrected chi connectivity index (χ4v) is 4.73. The van der Waals surface area contributed by atoms with Gasteiger partial charge in [-0.2, -0.15) is 11.8 Å². The molecule has 1 fully saturated rings. The zero-order valence-corrected chi connectivity index (χ0v) is 13.3. The Morgan fingerprint density at radius 3 is 2.91 bits per heavy atom. The Balaban J connectivity index is 1.49. The summed E-state index contributed by atoms with van der Waals surface area (Å²) in [7, 11) is 0. The van der Waals surface area contributed by atoms with Crippen molar-refractivity contribution >= 4 is 17.3 Å². The largest absolute Gasteiger partial charge is 0.487 e. The summed E-state index contributed by atoms with van der Waals surface area (Å²) in [5.41, 5.74) is 3.85. The van der Waals surface area contributed by atoms with Crippen LogP contribution >= 0.6 is 11.8 Å². The molecular formula is C19H19NOS. The van der Waals surface area contributed by atoms with Crippen molar-refractivity contribution in [3.05, 3.63) is 66.0 Å². The predicted octanol–water partition coefficient (Wildman–Crippen LogP) is 4.71. The standard InChI is InChI=1S/C19H19NOS/c1-2-4-14(5-3-1)13-21-17-8-16(11-20-12-17)15-9-18-6-7-19(10-15)22-18/h1-5,8-9,11-12,18-19H,6-7,10,13H2. The first-order chi connectivity index (χ1) is 10.9. The summed E-state index contributed by atoms with van der Waals surface area (Å²) in [6.45, 7) is 0.589. The van der Waals surface area contributed by atoms with E-state index in [2.05, 4.69) is 41.0 Å². The zero-order valence-electron chi connectivity index (χ0n) is 12.4. The van der Waals surface area contributed by atoms with Crippen LogP contribution in [0.1, 0.15) is 30.4 Å². The maximum atomic E-state index is 5.90. The molecule has 2 unspecified atom stereocenters. The summed E-state index contributed by atoms with van der Waals surface area (Å²) in [6, 6.07) is 12.4. The second-order valence-corrected chi connectivity index (χ2v) is 7.50. The van der Waals surface area contributed by atoms with E-state index in [0.717, 1.165) is 11.0 Å². The van der Waals surface area contributed by atoms with Crippen LogP contribution < -0.4 is 4.74 Å². The Hall–Kier alpha value is -1.74. The number of hydrogen-bond acceptors (Lipinski definition) is 3. The molecule has 2 aliphatic heterocycles. The van der Waals surface area contributed by atoms with Crippen LogP contribution in [-0.2, 0) is 6.61 Å². The van der Waals surface area contributed by atoms with Gasteiger partial charge in [0.15, 0.2) is 0 Å². The minimum atomic E-state index is 0.589. The second-order valence-electron chi connectivity index (χ2n) is 5.95. The molecular weight excluding hydrogens is 290 g/mol. The first-order valence-corrected chi connectivity index (χ1v) is 8.79. The number of thioether (sulfide) groups is 1. The first-order valence-electron chi connectivity index (χ1n) is 7.85. The molecule has 1 aromatic carbocycles. The lowest BCUT2D eigenvalue weighted by Crippen LogP contribution is -2.05. The Morgan fingerprint density at radius 2 is 2.05 bits per heavy atom. The molecule has 0 aliphatic carbocycles. The van der Waals surface area contributed by atoms with E-state index in [4.69, 9.17) is 4.74 Å². The molecule has 2 atom stereocenters. The number of hydrogen-bond donors (Lipinski definition) is 0. The third kappa shape index (κ3) is 3.05. The van der Waals surface area contributed by atoms with Crippen LogP contribution in [0.2, 0.25) is 0 Å². The van der Waals surface area contributed by atoms with Crippen LogP contribution in [-0.4, -0.2) is 15.5 Å². The van der Waals surface area contributed by atoms with Crippen molar-refractivity contribution in [1.82, 2.24) is 4.98 Å². The third-order valence-corrected chi connectivity index (χ3v) is 5.82. The Labute approximate surface area is 135 Å². The van der Waals surface area contributed by atoms with Crippen LogP contribution in [0.5, 0.6) is 5.75 Å². The smallest absolute Gasteiger partial charge is 0.138 e. The topological polar surface area (TPSA) is 22.1 Å². The summed E-state index contributed by atoms with van der Waals surface area (Å²) in [4.78, 5) is 4.37. The number of rotatable bonds is 4. The second kappa shape index (κ2) is 6.17. The molecule has 3 heterocycles. The van der Waals surface area contributed by atoms with Gasteiger partial charge in [-0.15, -0.1) is 0 Å². The highest BCUT2D eigenvalue weighted by Gasteiger charge is 2.29. The van der Waals surface area contributed by atoms with Crippen molar-refractivity contribution in [2.24, 2.45) is 0 Å². The third-order valence-electron chi connectivity index (χ3n) is 4.31. The van der Waals surface area contributed by atoms with Gasteiger partial charge < -0.3 is 4.74 Å². The molecule has 1 saturated heterocycles. The number of benzene rings is 1. The maximum Gasteiger partial charge on any atom is 0.138 e. The summed E-state index contributed by atoms with van der Waals surface area (Å²) in [5, 5.41) is 1.52. The lowest BCUT2D eigenvalue weighted by molar-refractivity contribution is 0.305. The zero-order chi connectivity index (χ0) is 14.8. The van der Waals surface area contributed by atoms with Gasteiger partial charge in [0.05, 0.1) is 6.20 Å². The summed E-state index contributed by atoms with van der Waals surface area (Å²) in [6.07, 6.45) is 10.1. The summed E-state index contributed by atoms with van der Waals surface area (Å²) >= 11 is 2.13. The molecule has 0 N–H and O–H groups in total. The van der Waals surface area contributed by atoms with Crippen LogP contribution in [0.3, 0.4) is 0 Å². The summed E-state index contributed by atoms with van der Waals surface area (Å²) in [5.74, 6) is 0.854. The number of nitrogens with zero attached hydrogens (tertiary/aromatic N) is 1. The molecule has 22 heavy (non-hydrogen) atoms. The molecule has 0 amide bonds. The van der Waals surface area contributed by atoms with Crippen LogP contribution in [0.4, 0.5) is 0 Å². The molecule has 2 aliphatic rings. The van der Waals surface area contributed by atoms with E-state index in [-0.39, 0.29) is 0 Å². The van der Waals surface area contributed by atoms with E-state index in [1.54, 1.807) is 6.20 Å². The number of allylic oxidation sites excluding steroid dienone is 1. The Kier molecular flexibility index (Phi) is 3.90. The molecule has 0 radical (unpaired) electrons. The van der Waals surface area contributed by atoms with Crippen molar-refractivity contribution in [2.75, 3.05) is 0 Å². The van der Waals surface area contributed by atoms with Gasteiger partial charge in [0.25, 0.3) is 0 Å². The van der Waals surface area contributed by atoms with Gasteiger partial charge in [-0.3, -0.25) is 4.98 Å². The van der Waals surface area contributed by atoms with Crippen molar-refractivity contribution in [3.8, 4) is 5.75 Å². The van der Waals surface area contributed by atoms with E-state index in [1.807, 2.05) is 24.4 Å². The van der Waals surface area contributed by atoms with E-state index in [9.17, 15) is 0 Å². The molecule has 4 rings (SSSR count). The molecule has 112 valence electrons. The molecule has 1 aromatic heterocycles. The molecule has 2 aromatic rings. The van der Waals surface area contributed by atoms with Gasteiger partial charge in [0.2, 0.25) is 0 Å². The van der Waals surface area contributed by atoms with Crippen molar-refractivity contribution in [3.63, 3.8) is 0 Å². The fourth-order valence-electron chi connectivity index (χ4n) is 3.17. The number of fused-ring (bicyclic) bond motifs is 2. The number of pyridine rings is 1. The minimum absolute atomic E-state index is 0.589. The van der Waals surface area contributed by atoms with Crippen molar-refractivity contribution in [2.45, 2.75) is 36.4 Å². The number of aromatic nitrogens is 1. The van der Waals surface area contributed by atoms with Gasteiger partial charge in [-0.25, -0.2) is 0 Å². The van der Waals surface area contributed by atoms with E-state index in [0.29, 0.717) is 11.9 Å². The number of ether oxygens (including phenoxy) is 1. The highest BCUT2D eigenvalue weighted by atomic mass is 32.2. The van der Waals surface area contributed by atoms with Gasteiger partial charge in [0, 0.05) is 16.7 Å². The van der Waals surface area contributed by atoms with E-state index >= 15 is 0 Å². The lowest BCUT2D eigenvalue weighted by atomic mass is 10.0. The normalized spacial score (nSPS) is 23.2. The van der Waals surface area contributed by atoms with Crippen LogP contribution in [0.25, 0.3) is 5.57 Å². The minimum Gasteiger partial charge on any atom is -0.487 e. The first kappa shape index (κ1) is 13.9. The Bertz CT molecular complexity index is 683. The van der Waals surface area contributed by atoms with E-state index in [1.165, 1.54) is 36.0 Å². The molecule has 2 nitrogen and oxygen atoms in total. The highest BCUT2D eigenvalue weighted by Crippen LogP contribution is 2.45. The quantitative estimate of drug-likeness (QED) is 0.816. The fraction of sp³-hybridized carbons (Fsp3) is 0.316. The van der Waals surface area contributed by atoms with Crippen LogP contribution in [0, 0.1) is 0 Å². The SMILES string of the molecule is C1=C(c2cncc(OCc3ccccc3)c2)CC2CCC1S2. The van der Waals surface area contributed by atoms with Crippen molar-refractivity contribution < 1.29 is 4.74 Å². The van der Waals surface area contributed by atoms with Crippen LogP contribution in [0.15, 0.2) is 54.9 Å². The van der Waals surface area contributed by atoms with Gasteiger partial charge in [-0.1, -0.05) is 36.4 Å². The predicted molar refractivity (Wildman–Crippen MR) is 92.0 cm³/mol. The molecule has 2 bridgehead atoms. The lowest BCUT2D eigenvalue weighted by Gasteiger charge is -2.19. The average molecular weight is 309 g/mol. The van der Waals surface area contributed by atoms with Gasteiger partial charge in [0.1, 0.15) is 12.4 Å². The monoisotopic (exact) mass is 309 g/mol. The van der Waals surface area contributed by atoms with E-state index < -0.39 is 0 Å².